The van der Waals surface area contributed by atoms with Gasteiger partial charge in [0.05, 0.1) is 17.7 Å². The van der Waals surface area contributed by atoms with E-state index < -0.39 is 10.0 Å². The van der Waals surface area contributed by atoms with Crippen molar-refractivity contribution in [3.05, 3.63) is 90.0 Å². The number of amides is 1. The van der Waals surface area contributed by atoms with E-state index >= 15 is 0 Å². The third-order valence-corrected chi connectivity index (χ3v) is 8.02. The molecule has 3 rings (SSSR count). The number of aryl methyl sites for hydroxylation is 1. The molecule has 3 aromatic rings. The predicted octanol–water partition coefficient (Wildman–Crippen LogP) is 4.64. The zero-order valence-corrected chi connectivity index (χ0v) is 21.1. The van der Waals surface area contributed by atoms with Gasteiger partial charge in [0.2, 0.25) is 5.91 Å². The van der Waals surface area contributed by atoms with Crippen molar-refractivity contribution >= 4 is 33.4 Å². The molecule has 0 aromatic heterocycles. The number of nitrogens with zero attached hydrogens (tertiary/aromatic N) is 1. The maximum Gasteiger partial charge on any atom is 0.264 e. The van der Waals surface area contributed by atoms with Crippen molar-refractivity contribution in [2.45, 2.75) is 24.0 Å². The normalized spacial score (nSPS) is 11.1. The molecule has 180 valence electrons. The number of nitrogens with one attached hydrogen (secondary N) is 1. The molecule has 0 radical (unpaired) electrons. The average molecular weight is 499 g/mol. The summed E-state index contributed by atoms with van der Waals surface area (Å²) >= 11 is 1.81. The largest absolute Gasteiger partial charge is 0.497 e. The molecule has 1 amide bonds. The maximum absolute atomic E-state index is 13.3. The van der Waals surface area contributed by atoms with Gasteiger partial charge >= 0.3 is 0 Å². The van der Waals surface area contributed by atoms with Crippen LogP contribution in [0.2, 0.25) is 0 Å². The molecule has 0 aliphatic rings. The van der Waals surface area contributed by atoms with Gasteiger partial charge in [-0.1, -0.05) is 48.0 Å². The van der Waals surface area contributed by atoms with Crippen LogP contribution in [0.1, 0.15) is 17.5 Å². The highest BCUT2D eigenvalue weighted by atomic mass is 32.2. The van der Waals surface area contributed by atoms with Gasteiger partial charge in [0.1, 0.15) is 12.3 Å². The minimum absolute atomic E-state index is 0.131. The van der Waals surface area contributed by atoms with Gasteiger partial charge in [-0.25, -0.2) is 8.42 Å². The van der Waals surface area contributed by atoms with Gasteiger partial charge in [0.15, 0.2) is 0 Å². The number of ether oxygens (including phenoxy) is 1. The zero-order chi connectivity index (χ0) is 24.4. The van der Waals surface area contributed by atoms with Crippen LogP contribution in [-0.4, -0.2) is 40.3 Å². The molecule has 0 aliphatic heterocycles. The highest BCUT2D eigenvalue weighted by Gasteiger charge is 2.27. The molecular formula is C26H30N2O4S2. The molecule has 8 heteroatoms. The van der Waals surface area contributed by atoms with E-state index in [2.05, 4.69) is 36.5 Å². The van der Waals surface area contributed by atoms with E-state index in [1.165, 1.54) is 23.3 Å². The molecule has 0 atom stereocenters. The predicted molar refractivity (Wildman–Crippen MR) is 139 cm³/mol. The van der Waals surface area contributed by atoms with Gasteiger partial charge in [-0.3, -0.25) is 9.10 Å². The molecule has 3 aromatic carbocycles. The summed E-state index contributed by atoms with van der Waals surface area (Å²) in [4.78, 5) is 12.8. The maximum atomic E-state index is 13.3. The van der Waals surface area contributed by atoms with Crippen LogP contribution in [0.4, 0.5) is 5.69 Å². The Bertz CT molecular complexity index is 1170. The van der Waals surface area contributed by atoms with E-state index in [1.54, 1.807) is 49.6 Å². The fraction of sp³-hybridized carbons (Fsp3) is 0.269. The lowest BCUT2D eigenvalue weighted by Crippen LogP contribution is -2.41. The molecule has 0 heterocycles. The summed E-state index contributed by atoms with van der Waals surface area (Å²) in [5.74, 6) is 2.09. The van der Waals surface area contributed by atoms with Crippen LogP contribution in [0.5, 0.6) is 5.75 Å². The van der Waals surface area contributed by atoms with Crippen molar-refractivity contribution in [2.75, 3.05) is 30.3 Å². The van der Waals surface area contributed by atoms with Crippen molar-refractivity contribution in [3.63, 3.8) is 0 Å². The summed E-state index contributed by atoms with van der Waals surface area (Å²) in [6.07, 6.45) is 0.802. The first kappa shape index (κ1) is 25.6. The average Bonchev–Trinajstić information content (AvgIpc) is 2.85. The smallest absolute Gasteiger partial charge is 0.264 e. The molecule has 0 saturated carbocycles. The summed E-state index contributed by atoms with van der Waals surface area (Å²) in [5, 5.41) is 2.85. The summed E-state index contributed by atoms with van der Waals surface area (Å²) in [6.45, 7) is 2.26. The first-order chi connectivity index (χ1) is 16.4. The Morgan fingerprint density at radius 3 is 2.41 bits per heavy atom. The number of benzene rings is 3. The Morgan fingerprint density at radius 1 is 1.00 bits per heavy atom. The summed E-state index contributed by atoms with van der Waals surface area (Å²) in [7, 11) is -2.37. The quantitative estimate of drug-likeness (QED) is 0.368. The molecule has 0 aliphatic carbocycles. The number of methoxy groups -OCH3 is 1. The van der Waals surface area contributed by atoms with Crippen LogP contribution in [-0.2, 0) is 20.6 Å². The monoisotopic (exact) mass is 498 g/mol. The van der Waals surface area contributed by atoms with Crippen molar-refractivity contribution in [1.29, 1.82) is 0 Å². The summed E-state index contributed by atoms with van der Waals surface area (Å²) in [6, 6.07) is 23.2. The molecule has 0 fully saturated rings. The van der Waals surface area contributed by atoms with Crippen LogP contribution in [0, 0.1) is 6.92 Å². The molecule has 0 saturated heterocycles. The number of carbonyl (C=O) groups excluding carboxylic acids is 1. The number of rotatable bonds is 12. The van der Waals surface area contributed by atoms with Crippen LogP contribution in [0.25, 0.3) is 0 Å². The van der Waals surface area contributed by atoms with Crippen molar-refractivity contribution in [2.24, 2.45) is 0 Å². The van der Waals surface area contributed by atoms with Crippen LogP contribution >= 0.6 is 11.8 Å². The number of hydrogen-bond donors (Lipinski definition) is 1. The number of hydrogen-bond acceptors (Lipinski definition) is 5. The standard InChI is InChI=1S/C26H30N2O4S2/c1-21-8-6-9-22(18-21)20-33-17-7-16-27-26(29)19-28(23-12-14-24(32-2)15-13-23)34(30,31)25-10-4-3-5-11-25/h3-6,8-15,18H,7,16-17,19-20H2,1-2H3,(H,27,29). The minimum Gasteiger partial charge on any atom is -0.497 e. The Balaban J connectivity index is 1.58. The number of sulfonamides is 1. The molecule has 6 nitrogen and oxygen atoms in total. The Hall–Kier alpha value is -2.97. The van der Waals surface area contributed by atoms with E-state index in [9.17, 15) is 13.2 Å². The zero-order valence-electron chi connectivity index (χ0n) is 19.4. The van der Waals surface area contributed by atoms with E-state index in [4.69, 9.17) is 4.74 Å². The lowest BCUT2D eigenvalue weighted by Gasteiger charge is -2.24. The van der Waals surface area contributed by atoms with Crippen molar-refractivity contribution in [1.82, 2.24) is 5.32 Å². The highest BCUT2D eigenvalue weighted by Crippen LogP contribution is 2.25. The Morgan fingerprint density at radius 2 is 1.74 bits per heavy atom. The molecule has 0 bridgehead atoms. The second-order valence-electron chi connectivity index (χ2n) is 7.77. The second-order valence-corrected chi connectivity index (χ2v) is 10.7. The third kappa shape index (κ3) is 7.27. The van der Waals surface area contributed by atoms with E-state index in [0.29, 0.717) is 18.0 Å². The molecule has 0 unspecified atom stereocenters. The van der Waals surface area contributed by atoms with Gasteiger partial charge in [0.25, 0.3) is 10.0 Å². The fourth-order valence-electron chi connectivity index (χ4n) is 3.36. The van der Waals surface area contributed by atoms with E-state index in [-0.39, 0.29) is 17.3 Å². The van der Waals surface area contributed by atoms with Crippen LogP contribution < -0.4 is 14.4 Å². The minimum atomic E-state index is -3.91. The second kappa shape index (κ2) is 12.5. The fourth-order valence-corrected chi connectivity index (χ4v) is 5.71. The lowest BCUT2D eigenvalue weighted by atomic mass is 10.2. The van der Waals surface area contributed by atoms with Crippen molar-refractivity contribution in [3.8, 4) is 5.75 Å². The Kier molecular flexibility index (Phi) is 9.42. The third-order valence-electron chi connectivity index (χ3n) is 5.12. The van der Waals surface area contributed by atoms with E-state index in [1.807, 2.05) is 11.8 Å². The summed E-state index contributed by atoms with van der Waals surface area (Å²) in [5.41, 5.74) is 2.93. The number of thioether (sulfide) groups is 1. The lowest BCUT2D eigenvalue weighted by molar-refractivity contribution is -0.119. The first-order valence-electron chi connectivity index (χ1n) is 11.0. The van der Waals surface area contributed by atoms with E-state index in [0.717, 1.165) is 22.2 Å². The Labute approximate surface area is 206 Å². The summed E-state index contributed by atoms with van der Waals surface area (Å²) < 4.78 is 32.9. The molecule has 0 spiro atoms. The van der Waals surface area contributed by atoms with Crippen molar-refractivity contribution < 1.29 is 17.9 Å². The van der Waals surface area contributed by atoms with Gasteiger partial charge in [-0.05, 0) is 61.1 Å². The first-order valence-corrected chi connectivity index (χ1v) is 13.6. The molecule has 34 heavy (non-hydrogen) atoms. The number of carbonyl (C=O) groups is 1. The van der Waals surface area contributed by atoms with Gasteiger partial charge in [-0.2, -0.15) is 11.8 Å². The SMILES string of the molecule is COc1ccc(N(CC(=O)NCCCSCc2cccc(C)c2)S(=O)(=O)c2ccccc2)cc1. The molecule has 1 N–H and O–H groups in total. The molecular weight excluding hydrogens is 468 g/mol. The van der Waals surface area contributed by atoms with Gasteiger partial charge < -0.3 is 10.1 Å². The van der Waals surface area contributed by atoms with Gasteiger partial charge in [0, 0.05) is 12.3 Å². The topological polar surface area (TPSA) is 75.7 Å². The highest BCUT2D eigenvalue weighted by molar-refractivity contribution is 7.98. The van der Waals surface area contributed by atoms with Gasteiger partial charge in [-0.15, -0.1) is 0 Å². The van der Waals surface area contributed by atoms with Crippen LogP contribution in [0.3, 0.4) is 0 Å². The number of anilines is 1. The van der Waals surface area contributed by atoms with Crippen LogP contribution in [0.15, 0.2) is 83.8 Å².